The van der Waals surface area contributed by atoms with Gasteiger partial charge in [-0.25, -0.2) is 14.8 Å². The number of carbonyl (C=O) groups is 1. The van der Waals surface area contributed by atoms with Gasteiger partial charge in [0.25, 0.3) is 0 Å². The molecule has 0 saturated carbocycles. The maximum absolute atomic E-state index is 11.0. The first-order valence-electron chi connectivity index (χ1n) is 4.77. The maximum atomic E-state index is 11.0. The Morgan fingerprint density at radius 1 is 1.19 bits per heavy atom. The van der Waals surface area contributed by atoms with Gasteiger partial charge in [-0.05, 0) is 12.1 Å². The number of fused-ring (bicyclic) bond motifs is 1. The first-order valence-corrected chi connectivity index (χ1v) is 4.77. The fraction of sp³-hybridized carbons (Fsp3) is 0.182. The Kier molecular flexibility index (Phi) is 2.44. The van der Waals surface area contributed by atoms with Crippen molar-refractivity contribution in [2.24, 2.45) is 0 Å². The molecular formula is C11H11N3O2. The minimum absolute atomic E-state index is 0.0244. The highest BCUT2D eigenvalue weighted by Crippen LogP contribution is 2.18. The van der Waals surface area contributed by atoms with E-state index in [1.54, 1.807) is 37.2 Å². The number of aromatic carboxylic acids is 1. The van der Waals surface area contributed by atoms with Crippen molar-refractivity contribution in [3.05, 3.63) is 30.0 Å². The van der Waals surface area contributed by atoms with E-state index >= 15 is 0 Å². The third kappa shape index (κ3) is 1.67. The number of benzene rings is 1. The Balaban J connectivity index is 2.76. The van der Waals surface area contributed by atoms with Gasteiger partial charge in [0.2, 0.25) is 0 Å². The lowest BCUT2D eigenvalue weighted by Crippen LogP contribution is -2.17. The summed E-state index contributed by atoms with van der Waals surface area (Å²) < 4.78 is 0. The lowest BCUT2D eigenvalue weighted by molar-refractivity contribution is 0.0691. The zero-order chi connectivity index (χ0) is 11.7. The molecule has 1 N–H and O–H groups in total. The Bertz CT molecular complexity index is 552. The number of carboxylic acids is 1. The van der Waals surface area contributed by atoms with E-state index in [9.17, 15) is 4.79 Å². The second-order valence-electron chi connectivity index (χ2n) is 3.58. The third-order valence-electron chi connectivity index (χ3n) is 2.18. The Morgan fingerprint density at radius 3 is 2.25 bits per heavy atom. The van der Waals surface area contributed by atoms with Gasteiger partial charge in [0.05, 0.1) is 11.0 Å². The summed E-state index contributed by atoms with van der Waals surface area (Å²) in [6.45, 7) is 0. The van der Waals surface area contributed by atoms with E-state index in [4.69, 9.17) is 5.11 Å². The average Bonchev–Trinajstić information content (AvgIpc) is 2.27. The van der Waals surface area contributed by atoms with Crippen LogP contribution >= 0.6 is 0 Å². The highest BCUT2D eigenvalue weighted by molar-refractivity contribution is 5.94. The van der Waals surface area contributed by atoms with Crippen LogP contribution in [0, 0.1) is 0 Å². The van der Waals surface area contributed by atoms with Crippen molar-refractivity contribution in [2.75, 3.05) is 19.0 Å². The molecule has 0 aliphatic heterocycles. The monoisotopic (exact) mass is 217 g/mol. The first kappa shape index (κ1) is 10.4. The highest BCUT2D eigenvalue weighted by Gasteiger charge is 2.16. The van der Waals surface area contributed by atoms with Gasteiger partial charge < -0.3 is 10.0 Å². The van der Waals surface area contributed by atoms with Gasteiger partial charge in [0.15, 0.2) is 11.5 Å². The van der Waals surface area contributed by atoms with Gasteiger partial charge in [0.1, 0.15) is 0 Å². The first-order chi connectivity index (χ1) is 7.59. The number of hydrogen-bond donors (Lipinski definition) is 1. The van der Waals surface area contributed by atoms with Crippen molar-refractivity contribution >= 4 is 22.8 Å². The van der Waals surface area contributed by atoms with Crippen molar-refractivity contribution in [3.8, 4) is 0 Å². The second-order valence-corrected chi connectivity index (χ2v) is 3.58. The summed E-state index contributed by atoms with van der Waals surface area (Å²) in [5, 5.41) is 9.04. The largest absolute Gasteiger partial charge is 0.476 e. The molecule has 2 aromatic rings. The van der Waals surface area contributed by atoms with Crippen molar-refractivity contribution < 1.29 is 9.90 Å². The average molecular weight is 217 g/mol. The Hall–Kier alpha value is -2.17. The summed E-state index contributed by atoms with van der Waals surface area (Å²) in [7, 11) is 3.48. The fourth-order valence-electron chi connectivity index (χ4n) is 1.45. The zero-order valence-corrected chi connectivity index (χ0v) is 9.01. The van der Waals surface area contributed by atoms with Crippen LogP contribution in [0.5, 0.6) is 0 Å². The van der Waals surface area contributed by atoms with Crippen LogP contribution in [0.4, 0.5) is 5.82 Å². The number of carboxylic acid groups (broad SMARTS) is 1. The Labute approximate surface area is 92.4 Å². The van der Waals surface area contributed by atoms with Gasteiger partial charge in [-0.1, -0.05) is 12.1 Å². The number of hydrogen-bond acceptors (Lipinski definition) is 4. The van der Waals surface area contributed by atoms with Gasteiger partial charge in [-0.3, -0.25) is 0 Å². The summed E-state index contributed by atoms with van der Waals surface area (Å²) >= 11 is 0. The van der Waals surface area contributed by atoms with E-state index in [1.165, 1.54) is 0 Å². The number of nitrogens with zero attached hydrogens (tertiary/aromatic N) is 3. The fourth-order valence-corrected chi connectivity index (χ4v) is 1.45. The molecule has 5 nitrogen and oxygen atoms in total. The summed E-state index contributed by atoms with van der Waals surface area (Å²) in [5.41, 5.74) is 1.26. The smallest absolute Gasteiger partial charge is 0.358 e. The number of anilines is 1. The molecule has 5 heteroatoms. The van der Waals surface area contributed by atoms with Crippen LogP contribution in [0.15, 0.2) is 24.3 Å². The van der Waals surface area contributed by atoms with Gasteiger partial charge >= 0.3 is 5.97 Å². The number of rotatable bonds is 2. The van der Waals surface area contributed by atoms with Gasteiger partial charge in [-0.2, -0.15) is 0 Å². The molecule has 0 bridgehead atoms. The third-order valence-corrected chi connectivity index (χ3v) is 2.18. The van der Waals surface area contributed by atoms with E-state index in [2.05, 4.69) is 9.97 Å². The molecule has 0 aliphatic carbocycles. The molecule has 0 atom stereocenters. The van der Waals surface area contributed by atoms with Gasteiger partial charge in [0, 0.05) is 14.1 Å². The van der Waals surface area contributed by atoms with Crippen molar-refractivity contribution in [3.63, 3.8) is 0 Å². The standard InChI is InChI=1S/C11H11N3O2/c1-14(2)10-9(11(15)16)12-7-5-3-4-6-8(7)13-10/h3-6H,1-2H3,(H,15,16). The van der Waals surface area contributed by atoms with Crippen molar-refractivity contribution in [2.45, 2.75) is 0 Å². The van der Waals surface area contributed by atoms with Crippen molar-refractivity contribution in [1.82, 2.24) is 9.97 Å². The molecule has 16 heavy (non-hydrogen) atoms. The molecule has 0 spiro atoms. The molecular weight excluding hydrogens is 206 g/mol. The molecule has 0 saturated heterocycles. The quantitative estimate of drug-likeness (QED) is 0.823. The lowest BCUT2D eigenvalue weighted by atomic mass is 10.3. The number of aromatic nitrogens is 2. The summed E-state index contributed by atoms with van der Waals surface area (Å²) in [6, 6.07) is 7.20. The molecule has 0 unspecified atom stereocenters. The van der Waals surface area contributed by atoms with E-state index in [1.807, 2.05) is 6.07 Å². The normalized spacial score (nSPS) is 10.4. The molecule has 82 valence electrons. The van der Waals surface area contributed by atoms with E-state index in [0.717, 1.165) is 0 Å². The van der Waals surface area contributed by atoms with E-state index < -0.39 is 5.97 Å². The van der Waals surface area contributed by atoms with Crippen molar-refractivity contribution in [1.29, 1.82) is 0 Å². The molecule has 0 fully saturated rings. The molecule has 0 radical (unpaired) electrons. The molecule has 0 amide bonds. The SMILES string of the molecule is CN(C)c1nc2ccccc2nc1C(=O)O. The molecule has 1 heterocycles. The molecule has 0 aliphatic rings. The highest BCUT2D eigenvalue weighted by atomic mass is 16.4. The van der Waals surface area contributed by atoms with Crippen LogP contribution < -0.4 is 4.90 Å². The predicted molar refractivity (Wildman–Crippen MR) is 60.8 cm³/mol. The van der Waals surface area contributed by atoms with Crippen LogP contribution in [0.3, 0.4) is 0 Å². The van der Waals surface area contributed by atoms with Crippen LogP contribution in [-0.4, -0.2) is 35.1 Å². The summed E-state index contributed by atoms with van der Waals surface area (Å²) in [4.78, 5) is 21.1. The molecule has 1 aromatic heterocycles. The van der Waals surface area contributed by atoms with E-state index in [-0.39, 0.29) is 5.69 Å². The van der Waals surface area contributed by atoms with E-state index in [0.29, 0.717) is 16.9 Å². The second kappa shape index (κ2) is 3.77. The minimum atomic E-state index is -1.07. The van der Waals surface area contributed by atoms with Crippen LogP contribution in [0.2, 0.25) is 0 Å². The maximum Gasteiger partial charge on any atom is 0.358 e. The molecule has 1 aromatic carbocycles. The number of para-hydroxylation sites is 2. The summed E-state index contributed by atoms with van der Waals surface area (Å²) in [6.07, 6.45) is 0. The minimum Gasteiger partial charge on any atom is -0.476 e. The summed E-state index contributed by atoms with van der Waals surface area (Å²) in [5.74, 6) is -0.701. The topological polar surface area (TPSA) is 66.3 Å². The Morgan fingerprint density at radius 2 is 1.75 bits per heavy atom. The van der Waals surface area contributed by atoms with Gasteiger partial charge in [-0.15, -0.1) is 0 Å². The predicted octanol–water partition coefficient (Wildman–Crippen LogP) is 1.39. The van der Waals surface area contributed by atoms with Crippen LogP contribution in [0.1, 0.15) is 10.5 Å². The zero-order valence-electron chi connectivity index (χ0n) is 9.01. The lowest BCUT2D eigenvalue weighted by Gasteiger charge is -2.13. The van der Waals surface area contributed by atoms with Crippen LogP contribution in [-0.2, 0) is 0 Å². The molecule has 2 rings (SSSR count). The van der Waals surface area contributed by atoms with Crippen LogP contribution in [0.25, 0.3) is 11.0 Å².